The number of hydrogen-bond donors (Lipinski definition) is 1. The highest BCUT2D eigenvalue weighted by molar-refractivity contribution is 7.99. The molecule has 0 aromatic carbocycles. The summed E-state index contributed by atoms with van der Waals surface area (Å²) in [6, 6.07) is 0. The molecule has 1 aliphatic carbocycles. The molecular weight excluding hydrogens is 218 g/mol. The van der Waals surface area contributed by atoms with Crippen molar-refractivity contribution >= 4 is 17.6 Å². The second-order valence-corrected chi connectivity index (χ2v) is 5.57. The van der Waals surface area contributed by atoms with E-state index in [4.69, 9.17) is 0 Å². The summed E-state index contributed by atoms with van der Waals surface area (Å²) in [7, 11) is 1.91. The normalized spacial score (nSPS) is 17.4. The first kappa shape index (κ1) is 11.7. The monoisotopic (exact) mass is 237 g/mol. The van der Waals surface area contributed by atoms with E-state index in [0.717, 1.165) is 16.1 Å². The molecule has 0 aliphatic heterocycles. The van der Waals surface area contributed by atoms with Gasteiger partial charge in [-0.15, -0.1) is 11.8 Å². The van der Waals surface area contributed by atoms with Crippen molar-refractivity contribution in [2.75, 3.05) is 12.4 Å². The molecule has 16 heavy (non-hydrogen) atoms. The molecule has 1 aliphatic rings. The van der Waals surface area contributed by atoms with Crippen molar-refractivity contribution in [3.8, 4) is 0 Å². The minimum absolute atomic E-state index is 0.757. The topological polar surface area (TPSA) is 37.8 Å². The highest BCUT2D eigenvalue weighted by atomic mass is 32.2. The summed E-state index contributed by atoms with van der Waals surface area (Å²) in [5.41, 5.74) is 1.18. The Morgan fingerprint density at radius 2 is 2.00 bits per heavy atom. The number of hydrogen-bond acceptors (Lipinski definition) is 4. The van der Waals surface area contributed by atoms with Crippen molar-refractivity contribution in [1.82, 2.24) is 9.97 Å². The lowest BCUT2D eigenvalue weighted by Crippen LogP contribution is -2.09. The van der Waals surface area contributed by atoms with Crippen molar-refractivity contribution in [1.29, 1.82) is 0 Å². The summed E-state index contributed by atoms with van der Waals surface area (Å²) in [5.74, 6) is 0.952. The highest BCUT2D eigenvalue weighted by Crippen LogP contribution is 2.34. The van der Waals surface area contributed by atoms with Crippen LogP contribution >= 0.6 is 11.8 Å². The van der Waals surface area contributed by atoms with Crippen molar-refractivity contribution in [2.45, 2.75) is 49.3 Å². The molecule has 0 atom stereocenters. The molecule has 88 valence electrons. The number of nitrogens with zero attached hydrogens (tertiary/aromatic N) is 2. The van der Waals surface area contributed by atoms with Crippen LogP contribution < -0.4 is 5.32 Å². The van der Waals surface area contributed by atoms with E-state index in [1.54, 1.807) is 6.33 Å². The summed E-state index contributed by atoms with van der Waals surface area (Å²) in [6.45, 7) is 2.09. The Hall–Kier alpha value is -0.770. The minimum Gasteiger partial charge on any atom is -0.373 e. The van der Waals surface area contributed by atoms with Gasteiger partial charge in [0, 0.05) is 17.9 Å². The number of rotatable bonds is 3. The number of anilines is 1. The van der Waals surface area contributed by atoms with E-state index in [-0.39, 0.29) is 0 Å². The number of thioether (sulfide) groups is 1. The fraction of sp³-hybridized carbons (Fsp3) is 0.667. The van der Waals surface area contributed by atoms with Crippen molar-refractivity contribution in [2.24, 2.45) is 0 Å². The van der Waals surface area contributed by atoms with E-state index in [2.05, 4.69) is 22.2 Å². The third-order valence-electron chi connectivity index (χ3n) is 3.11. The highest BCUT2D eigenvalue weighted by Gasteiger charge is 2.17. The van der Waals surface area contributed by atoms with Crippen molar-refractivity contribution < 1.29 is 0 Å². The van der Waals surface area contributed by atoms with Crippen molar-refractivity contribution in [3.63, 3.8) is 0 Å². The molecule has 1 heterocycles. The first-order valence-electron chi connectivity index (χ1n) is 5.97. The van der Waals surface area contributed by atoms with Crippen LogP contribution in [0.25, 0.3) is 0 Å². The molecule has 0 spiro atoms. The molecule has 1 N–H and O–H groups in total. The zero-order valence-corrected chi connectivity index (χ0v) is 10.8. The predicted octanol–water partition coefficient (Wildman–Crippen LogP) is 3.25. The third kappa shape index (κ3) is 2.67. The molecule has 0 amide bonds. The molecule has 1 aromatic rings. The van der Waals surface area contributed by atoms with E-state index in [9.17, 15) is 0 Å². The summed E-state index contributed by atoms with van der Waals surface area (Å²) >= 11 is 1.93. The van der Waals surface area contributed by atoms with Gasteiger partial charge >= 0.3 is 0 Å². The van der Waals surface area contributed by atoms with E-state index in [1.807, 2.05) is 18.8 Å². The Bertz CT molecular complexity index is 348. The van der Waals surface area contributed by atoms with Gasteiger partial charge in [0.25, 0.3) is 0 Å². The molecule has 0 saturated heterocycles. The second kappa shape index (κ2) is 5.53. The molecule has 1 aromatic heterocycles. The van der Waals surface area contributed by atoms with Gasteiger partial charge in [0.1, 0.15) is 17.2 Å². The molecule has 2 rings (SSSR count). The van der Waals surface area contributed by atoms with Gasteiger partial charge in [-0.25, -0.2) is 9.97 Å². The Morgan fingerprint density at radius 3 is 2.69 bits per heavy atom. The van der Waals surface area contributed by atoms with Gasteiger partial charge in [-0.3, -0.25) is 0 Å². The molecule has 1 saturated carbocycles. The number of aromatic nitrogens is 2. The number of nitrogens with one attached hydrogen (secondary N) is 1. The van der Waals surface area contributed by atoms with E-state index in [0.29, 0.717) is 0 Å². The van der Waals surface area contributed by atoms with Crippen LogP contribution in [0.1, 0.15) is 37.7 Å². The fourth-order valence-electron chi connectivity index (χ4n) is 2.15. The second-order valence-electron chi connectivity index (χ2n) is 4.28. The van der Waals surface area contributed by atoms with Gasteiger partial charge in [-0.05, 0) is 19.8 Å². The van der Waals surface area contributed by atoms with Crippen LogP contribution in [0.15, 0.2) is 11.4 Å². The zero-order valence-electron chi connectivity index (χ0n) is 9.99. The van der Waals surface area contributed by atoms with Gasteiger partial charge < -0.3 is 5.32 Å². The van der Waals surface area contributed by atoms with E-state index < -0.39 is 0 Å². The lowest BCUT2D eigenvalue weighted by atomic mass is 10.0. The smallest absolute Gasteiger partial charge is 0.133 e. The first-order valence-corrected chi connectivity index (χ1v) is 6.85. The third-order valence-corrected chi connectivity index (χ3v) is 4.54. The molecular formula is C12H19N3S. The minimum atomic E-state index is 0.757. The summed E-state index contributed by atoms with van der Waals surface area (Å²) in [4.78, 5) is 8.61. The molecule has 0 bridgehead atoms. The van der Waals surface area contributed by atoms with Crippen molar-refractivity contribution in [3.05, 3.63) is 11.9 Å². The van der Waals surface area contributed by atoms with Gasteiger partial charge in [0.15, 0.2) is 0 Å². The lowest BCUT2D eigenvalue weighted by Gasteiger charge is -2.21. The van der Waals surface area contributed by atoms with Crippen LogP contribution in [-0.4, -0.2) is 22.3 Å². The average Bonchev–Trinajstić information content (AvgIpc) is 2.33. The van der Waals surface area contributed by atoms with Crippen LogP contribution in [-0.2, 0) is 0 Å². The fourth-order valence-corrected chi connectivity index (χ4v) is 3.41. The quantitative estimate of drug-likeness (QED) is 0.819. The predicted molar refractivity (Wildman–Crippen MR) is 69.0 cm³/mol. The standard InChI is InChI=1S/C12H19N3S/c1-9-11(13-2)14-8-15-12(9)16-10-6-4-3-5-7-10/h8,10H,3-7H2,1-2H3,(H,13,14,15). The van der Waals surface area contributed by atoms with Gasteiger partial charge in [-0.1, -0.05) is 19.3 Å². The first-order chi connectivity index (χ1) is 7.81. The SMILES string of the molecule is CNc1ncnc(SC2CCCCC2)c1C. The summed E-state index contributed by atoms with van der Waals surface area (Å²) < 4.78 is 0. The molecule has 4 heteroatoms. The lowest BCUT2D eigenvalue weighted by molar-refractivity contribution is 0.515. The molecule has 0 radical (unpaired) electrons. The molecule has 3 nitrogen and oxygen atoms in total. The Labute approximate surface area is 101 Å². The Kier molecular flexibility index (Phi) is 4.04. The van der Waals surface area contributed by atoms with E-state index >= 15 is 0 Å². The van der Waals surface area contributed by atoms with Crippen LogP contribution in [0.2, 0.25) is 0 Å². The van der Waals surface area contributed by atoms with Crippen LogP contribution in [0.5, 0.6) is 0 Å². The van der Waals surface area contributed by atoms with E-state index in [1.165, 1.54) is 37.7 Å². The maximum Gasteiger partial charge on any atom is 0.133 e. The van der Waals surface area contributed by atoms with Gasteiger partial charge in [0.05, 0.1) is 0 Å². The maximum atomic E-state index is 4.39. The summed E-state index contributed by atoms with van der Waals surface area (Å²) in [5, 5.41) is 5.01. The molecule has 1 fully saturated rings. The van der Waals surface area contributed by atoms with Crippen LogP contribution in [0, 0.1) is 6.92 Å². The van der Waals surface area contributed by atoms with Crippen LogP contribution in [0.4, 0.5) is 5.82 Å². The average molecular weight is 237 g/mol. The Balaban J connectivity index is 2.08. The maximum absolute atomic E-state index is 4.39. The summed E-state index contributed by atoms with van der Waals surface area (Å²) in [6.07, 6.45) is 8.49. The molecule has 0 unspecified atom stereocenters. The van der Waals surface area contributed by atoms with Gasteiger partial charge in [0.2, 0.25) is 0 Å². The zero-order chi connectivity index (χ0) is 11.4. The largest absolute Gasteiger partial charge is 0.373 e. The van der Waals surface area contributed by atoms with Crippen LogP contribution in [0.3, 0.4) is 0 Å². The van der Waals surface area contributed by atoms with Gasteiger partial charge in [-0.2, -0.15) is 0 Å². The Morgan fingerprint density at radius 1 is 1.25 bits per heavy atom.